The van der Waals surface area contributed by atoms with Gasteiger partial charge in [0.15, 0.2) is 5.82 Å². The fraction of sp³-hybridized carbons (Fsp3) is 0. The molecule has 268 valence electrons. The second-order valence-electron chi connectivity index (χ2n) is 14.5. The third kappa shape index (κ3) is 6.42. The number of fused-ring (bicyclic) bond motifs is 3. The second-order valence-corrected chi connectivity index (χ2v) is 14.5. The summed E-state index contributed by atoms with van der Waals surface area (Å²) in [7, 11) is 0. The minimum Gasteiger partial charge on any atom is -0.227 e. The molecule has 0 N–H and O–H groups in total. The summed E-state index contributed by atoms with van der Waals surface area (Å²) >= 11 is 0. The largest absolute Gasteiger partial charge is 0.227 e. The van der Waals surface area contributed by atoms with Gasteiger partial charge in [0.1, 0.15) is 0 Å². The van der Waals surface area contributed by atoms with Crippen molar-refractivity contribution in [3.05, 3.63) is 205 Å². The quantitative estimate of drug-likeness (QED) is 0.170. The number of nitriles is 2. The minimum absolute atomic E-state index is 0.630. The van der Waals surface area contributed by atoms with Gasteiger partial charge in [-0.3, -0.25) is 0 Å². The van der Waals surface area contributed by atoms with Crippen molar-refractivity contribution < 1.29 is 0 Å². The van der Waals surface area contributed by atoms with Crippen molar-refractivity contribution in [2.24, 2.45) is 0 Å². The van der Waals surface area contributed by atoms with E-state index in [-0.39, 0.29) is 0 Å². The topological polar surface area (TPSA) is 73.4 Å². The molecule has 0 atom stereocenters. The van der Waals surface area contributed by atoms with Gasteiger partial charge < -0.3 is 0 Å². The Morgan fingerprint density at radius 2 is 0.759 bits per heavy atom. The van der Waals surface area contributed by atoms with Crippen LogP contribution in [-0.2, 0) is 0 Å². The molecule has 1 heterocycles. The molecule has 10 aromatic rings. The Morgan fingerprint density at radius 1 is 0.328 bits per heavy atom. The van der Waals surface area contributed by atoms with E-state index in [1.165, 1.54) is 16.2 Å². The van der Waals surface area contributed by atoms with Gasteiger partial charge in [0.25, 0.3) is 0 Å². The van der Waals surface area contributed by atoms with E-state index in [0.29, 0.717) is 17.0 Å². The van der Waals surface area contributed by atoms with Crippen LogP contribution >= 0.6 is 0 Å². The van der Waals surface area contributed by atoms with Crippen LogP contribution in [0.1, 0.15) is 11.1 Å². The van der Waals surface area contributed by atoms with Gasteiger partial charge in [-0.05, 0) is 109 Å². The summed E-state index contributed by atoms with van der Waals surface area (Å²) in [5.74, 6) is 0.630. The Balaban J connectivity index is 1.20. The predicted octanol–water partition coefficient (Wildman–Crippen LogP) is 13.7. The molecular weight excluding hydrogens is 705 g/mol. The fourth-order valence-corrected chi connectivity index (χ4v) is 7.80. The molecule has 0 aliphatic rings. The van der Waals surface area contributed by atoms with Crippen LogP contribution in [0.25, 0.3) is 99.6 Å². The third-order valence-electron chi connectivity index (χ3n) is 10.9. The lowest BCUT2D eigenvalue weighted by molar-refractivity contribution is 1.23. The summed E-state index contributed by atoms with van der Waals surface area (Å²) in [5.41, 5.74) is 13.3. The molecule has 0 amide bonds. The molecule has 9 aromatic carbocycles. The van der Waals surface area contributed by atoms with Crippen molar-refractivity contribution in [2.75, 3.05) is 0 Å². The molecule has 0 aliphatic heterocycles. The zero-order valence-electron chi connectivity index (χ0n) is 31.3. The van der Waals surface area contributed by atoms with Crippen LogP contribution in [0, 0.1) is 22.7 Å². The first kappa shape index (κ1) is 34.3. The van der Waals surface area contributed by atoms with Gasteiger partial charge in [-0.15, -0.1) is 0 Å². The summed E-state index contributed by atoms with van der Waals surface area (Å²) in [6, 6.07) is 71.3. The molecule has 0 radical (unpaired) electrons. The highest BCUT2D eigenvalue weighted by Gasteiger charge is 2.18. The van der Waals surface area contributed by atoms with E-state index in [1.807, 2.05) is 48.5 Å². The molecule has 4 nitrogen and oxygen atoms in total. The SMILES string of the molecule is N#Cc1ccc(-c2ccc(-c3nc(-c4ccc(-c5ccc(C#N)cc5)cc4)c4cc(-c5ccc6ccccc6c5)cc(-c5ccc6ccccc6c5)c4n3)cc2)cc1. The third-order valence-corrected chi connectivity index (χ3v) is 10.9. The Bertz CT molecular complexity index is 3260. The van der Waals surface area contributed by atoms with E-state index in [1.54, 1.807) is 0 Å². The number of benzene rings is 9. The molecule has 58 heavy (non-hydrogen) atoms. The van der Waals surface area contributed by atoms with Crippen molar-refractivity contribution in [3.8, 4) is 79.3 Å². The van der Waals surface area contributed by atoms with E-state index >= 15 is 0 Å². The number of hydrogen-bond donors (Lipinski definition) is 0. The average Bonchev–Trinajstić information content (AvgIpc) is 3.30. The molecule has 0 unspecified atom stereocenters. The van der Waals surface area contributed by atoms with Crippen molar-refractivity contribution in [2.45, 2.75) is 0 Å². The zero-order valence-corrected chi connectivity index (χ0v) is 31.3. The highest BCUT2D eigenvalue weighted by atomic mass is 14.9. The van der Waals surface area contributed by atoms with Gasteiger partial charge in [-0.25, -0.2) is 9.97 Å². The number of hydrogen-bond acceptors (Lipinski definition) is 4. The van der Waals surface area contributed by atoms with Gasteiger partial charge in [0.2, 0.25) is 0 Å². The first-order valence-electron chi connectivity index (χ1n) is 19.2. The number of rotatable bonds is 6. The summed E-state index contributed by atoms with van der Waals surface area (Å²) in [5, 5.41) is 24.3. The fourth-order valence-electron chi connectivity index (χ4n) is 7.80. The molecule has 0 bridgehead atoms. The lowest BCUT2D eigenvalue weighted by Crippen LogP contribution is -1.98. The predicted molar refractivity (Wildman–Crippen MR) is 237 cm³/mol. The highest BCUT2D eigenvalue weighted by molar-refractivity contribution is 6.06. The average molecular weight is 737 g/mol. The van der Waals surface area contributed by atoms with Gasteiger partial charge in [-0.2, -0.15) is 10.5 Å². The standard InChI is InChI=1S/C54H32N4/c55-33-35-9-13-39(14-10-35)41-17-23-43(24-18-41)52-51-32-49(47-27-21-37-5-1-3-7-45(37)29-47)31-50(48-28-22-38-6-2-4-8-46(38)30-48)53(51)58-54(57-52)44-25-19-42(20-26-44)40-15-11-36(34-56)12-16-40/h1-32H. The van der Waals surface area contributed by atoms with Crippen LogP contribution < -0.4 is 0 Å². The van der Waals surface area contributed by atoms with E-state index in [9.17, 15) is 10.5 Å². The molecule has 0 saturated carbocycles. The minimum atomic E-state index is 0.630. The Morgan fingerprint density at radius 3 is 1.29 bits per heavy atom. The maximum atomic E-state index is 9.34. The maximum Gasteiger partial charge on any atom is 0.160 e. The summed E-state index contributed by atoms with van der Waals surface area (Å²) < 4.78 is 0. The van der Waals surface area contributed by atoms with Crippen molar-refractivity contribution in [1.29, 1.82) is 10.5 Å². The van der Waals surface area contributed by atoms with E-state index in [0.717, 1.165) is 77.6 Å². The van der Waals surface area contributed by atoms with Crippen LogP contribution in [0.3, 0.4) is 0 Å². The monoisotopic (exact) mass is 736 g/mol. The number of aromatic nitrogens is 2. The zero-order chi connectivity index (χ0) is 39.0. The molecule has 0 aliphatic carbocycles. The maximum absolute atomic E-state index is 9.34. The van der Waals surface area contributed by atoms with Crippen LogP contribution in [0.4, 0.5) is 0 Å². The molecule has 0 fully saturated rings. The van der Waals surface area contributed by atoms with Crippen LogP contribution in [0.15, 0.2) is 194 Å². The first-order chi connectivity index (χ1) is 28.6. The van der Waals surface area contributed by atoms with Gasteiger partial charge in [-0.1, -0.05) is 146 Å². The number of nitrogens with zero attached hydrogens (tertiary/aromatic N) is 4. The Labute approximate surface area is 336 Å². The van der Waals surface area contributed by atoms with E-state index < -0.39 is 0 Å². The summed E-state index contributed by atoms with van der Waals surface area (Å²) in [4.78, 5) is 10.8. The molecule has 0 spiro atoms. The molecule has 0 saturated heterocycles. The van der Waals surface area contributed by atoms with E-state index in [4.69, 9.17) is 9.97 Å². The normalized spacial score (nSPS) is 11.1. The van der Waals surface area contributed by atoms with E-state index in [2.05, 4.69) is 158 Å². The lowest BCUT2D eigenvalue weighted by Gasteiger charge is -2.16. The molecule has 4 heteroatoms. The van der Waals surface area contributed by atoms with Crippen molar-refractivity contribution in [1.82, 2.24) is 9.97 Å². The lowest BCUT2D eigenvalue weighted by atomic mass is 9.91. The van der Waals surface area contributed by atoms with Gasteiger partial charge >= 0.3 is 0 Å². The highest BCUT2D eigenvalue weighted by Crippen LogP contribution is 2.40. The van der Waals surface area contributed by atoms with Gasteiger partial charge in [0.05, 0.1) is 34.5 Å². The van der Waals surface area contributed by atoms with Crippen molar-refractivity contribution in [3.63, 3.8) is 0 Å². The van der Waals surface area contributed by atoms with Gasteiger partial charge in [0, 0.05) is 22.1 Å². The first-order valence-corrected chi connectivity index (χ1v) is 19.2. The van der Waals surface area contributed by atoms with Crippen LogP contribution in [-0.4, -0.2) is 9.97 Å². The smallest absolute Gasteiger partial charge is 0.160 e. The Hall–Kier alpha value is -8.18. The molecule has 10 rings (SSSR count). The molecule has 1 aromatic heterocycles. The molecular formula is C54H32N4. The van der Waals surface area contributed by atoms with Crippen LogP contribution in [0.5, 0.6) is 0 Å². The Kier molecular flexibility index (Phi) is 8.57. The van der Waals surface area contributed by atoms with Crippen LogP contribution in [0.2, 0.25) is 0 Å². The summed E-state index contributed by atoms with van der Waals surface area (Å²) in [6.07, 6.45) is 0. The second kappa shape index (κ2) is 14.5. The summed E-state index contributed by atoms with van der Waals surface area (Å²) in [6.45, 7) is 0. The van der Waals surface area contributed by atoms with Crippen molar-refractivity contribution >= 4 is 32.4 Å².